The van der Waals surface area contributed by atoms with Crippen molar-refractivity contribution in [3.8, 4) is 0 Å². The Bertz CT molecular complexity index is 1430. The molecule has 192 valence electrons. The van der Waals surface area contributed by atoms with Crippen LogP contribution in [0.2, 0.25) is 0 Å². The Kier molecular flexibility index (Phi) is 6.43. The van der Waals surface area contributed by atoms with Crippen LogP contribution in [0.4, 0.5) is 15.9 Å². The summed E-state index contributed by atoms with van der Waals surface area (Å²) in [6.07, 6.45) is 0. The van der Waals surface area contributed by atoms with Crippen molar-refractivity contribution in [1.82, 2.24) is 20.4 Å². The molecule has 0 spiro atoms. The summed E-state index contributed by atoms with van der Waals surface area (Å²) in [6, 6.07) is 15.2. The summed E-state index contributed by atoms with van der Waals surface area (Å²) in [5.41, 5.74) is 1.63. The molecule has 5 rings (SSSR count). The van der Waals surface area contributed by atoms with Crippen LogP contribution in [0.15, 0.2) is 59.0 Å². The molecular weight excluding hydrogens is 475 g/mol. The maximum absolute atomic E-state index is 14.3. The predicted molar refractivity (Wildman–Crippen MR) is 139 cm³/mol. The maximum atomic E-state index is 14.3. The molecule has 1 saturated heterocycles. The number of furan rings is 1. The number of fused-ring (bicyclic) bond motifs is 1. The van der Waals surface area contributed by atoms with E-state index in [2.05, 4.69) is 37.7 Å². The zero-order valence-electron chi connectivity index (χ0n) is 21.0. The van der Waals surface area contributed by atoms with Crippen LogP contribution in [0.1, 0.15) is 40.3 Å². The van der Waals surface area contributed by atoms with Gasteiger partial charge in [0.25, 0.3) is 11.8 Å². The molecule has 1 fully saturated rings. The largest absolute Gasteiger partial charge is 0.445 e. The molecule has 2 aromatic heterocycles. The SMILES string of the molecule is CN1CCN(c2ccc(C(=O)Nc3n[nH]c4cc(C(=O)NC(C)(C)c5ccccc5F)oc34)cc2)CC1. The Morgan fingerprint density at radius 3 is 2.43 bits per heavy atom. The highest BCUT2D eigenvalue weighted by Gasteiger charge is 2.28. The fourth-order valence-electron chi connectivity index (χ4n) is 4.46. The minimum Gasteiger partial charge on any atom is -0.445 e. The molecule has 0 aliphatic carbocycles. The highest BCUT2D eigenvalue weighted by molar-refractivity contribution is 6.07. The second kappa shape index (κ2) is 9.70. The molecule has 2 aromatic carbocycles. The number of hydrogen-bond donors (Lipinski definition) is 3. The summed E-state index contributed by atoms with van der Waals surface area (Å²) in [4.78, 5) is 30.3. The van der Waals surface area contributed by atoms with Crippen molar-refractivity contribution in [3.63, 3.8) is 0 Å². The van der Waals surface area contributed by atoms with Gasteiger partial charge in [0.1, 0.15) is 11.3 Å². The zero-order valence-corrected chi connectivity index (χ0v) is 21.0. The van der Waals surface area contributed by atoms with E-state index < -0.39 is 17.3 Å². The summed E-state index contributed by atoms with van der Waals surface area (Å²) in [5.74, 6) is -1.09. The Balaban J connectivity index is 1.27. The number of carbonyl (C=O) groups is 2. The summed E-state index contributed by atoms with van der Waals surface area (Å²) in [7, 11) is 2.11. The van der Waals surface area contributed by atoms with E-state index in [0.717, 1.165) is 31.9 Å². The lowest BCUT2D eigenvalue weighted by atomic mass is 9.93. The number of anilines is 2. The van der Waals surface area contributed by atoms with E-state index in [-0.39, 0.29) is 23.1 Å². The molecule has 2 amide bonds. The van der Waals surface area contributed by atoms with Crippen LogP contribution in [0.3, 0.4) is 0 Å². The predicted octanol–water partition coefficient (Wildman–Crippen LogP) is 3.96. The van der Waals surface area contributed by atoms with E-state index >= 15 is 0 Å². The maximum Gasteiger partial charge on any atom is 0.287 e. The molecule has 3 heterocycles. The number of benzene rings is 2. The summed E-state index contributed by atoms with van der Waals surface area (Å²) < 4.78 is 20.0. The van der Waals surface area contributed by atoms with Crippen molar-refractivity contribution in [2.75, 3.05) is 43.4 Å². The van der Waals surface area contributed by atoms with Gasteiger partial charge in [0.15, 0.2) is 17.2 Å². The van der Waals surface area contributed by atoms with Crippen molar-refractivity contribution < 1.29 is 18.4 Å². The van der Waals surface area contributed by atoms with Crippen LogP contribution in [0, 0.1) is 5.82 Å². The van der Waals surface area contributed by atoms with Crippen LogP contribution in [0.5, 0.6) is 0 Å². The van der Waals surface area contributed by atoms with Crippen molar-refractivity contribution in [1.29, 1.82) is 0 Å². The lowest BCUT2D eigenvalue weighted by Crippen LogP contribution is -2.44. The smallest absolute Gasteiger partial charge is 0.287 e. The molecule has 1 aliphatic rings. The first-order valence-electron chi connectivity index (χ1n) is 12.1. The molecule has 1 aliphatic heterocycles. The molecule has 0 atom stereocenters. The number of carbonyl (C=O) groups excluding carboxylic acids is 2. The van der Waals surface area contributed by atoms with Gasteiger partial charge in [0.05, 0.1) is 5.54 Å². The molecule has 0 saturated carbocycles. The normalized spacial score (nSPS) is 14.6. The van der Waals surface area contributed by atoms with Gasteiger partial charge in [-0.3, -0.25) is 14.7 Å². The van der Waals surface area contributed by atoms with Crippen LogP contribution >= 0.6 is 0 Å². The first-order valence-corrected chi connectivity index (χ1v) is 12.1. The average Bonchev–Trinajstić information content (AvgIpc) is 3.47. The van der Waals surface area contributed by atoms with Crippen LogP contribution in [0.25, 0.3) is 11.1 Å². The molecule has 4 aromatic rings. The topological polar surface area (TPSA) is 106 Å². The number of halogens is 1. The number of likely N-dealkylation sites (N-methyl/N-ethyl adjacent to an activating group) is 1. The first-order chi connectivity index (χ1) is 17.7. The number of piperazine rings is 1. The molecule has 37 heavy (non-hydrogen) atoms. The molecule has 0 radical (unpaired) electrons. The molecule has 0 unspecified atom stereocenters. The summed E-state index contributed by atoms with van der Waals surface area (Å²) in [5, 5.41) is 12.4. The van der Waals surface area contributed by atoms with Crippen molar-refractivity contribution >= 4 is 34.4 Å². The van der Waals surface area contributed by atoms with Gasteiger partial charge in [-0.05, 0) is 51.2 Å². The number of aromatic amines is 1. The van der Waals surface area contributed by atoms with Crippen LogP contribution in [-0.4, -0.2) is 60.1 Å². The number of aromatic nitrogens is 2. The quantitative estimate of drug-likeness (QED) is 0.367. The highest BCUT2D eigenvalue weighted by Crippen LogP contribution is 2.27. The zero-order chi connectivity index (χ0) is 26.2. The third-order valence-corrected chi connectivity index (χ3v) is 6.66. The lowest BCUT2D eigenvalue weighted by Gasteiger charge is -2.34. The number of nitrogens with one attached hydrogen (secondary N) is 3. The fourth-order valence-corrected chi connectivity index (χ4v) is 4.46. The van der Waals surface area contributed by atoms with Gasteiger partial charge < -0.3 is 24.9 Å². The summed E-state index contributed by atoms with van der Waals surface area (Å²) in [6.45, 7) is 7.31. The van der Waals surface area contributed by atoms with Gasteiger partial charge in [-0.15, -0.1) is 0 Å². The Morgan fingerprint density at radius 2 is 1.73 bits per heavy atom. The Labute approximate surface area is 213 Å². The monoisotopic (exact) mass is 504 g/mol. The highest BCUT2D eigenvalue weighted by atomic mass is 19.1. The van der Waals surface area contributed by atoms with E-state index in [0.29, 0.717) is 16.6 Å². The second-order valence-electron chi connectivity index (χ2n) is 9.78. The van der Waals surface area contributed by atoms with Gasteiger partial charge in [0.2, 0.25) is 0 Å². The average molecular weight is 505 g/mol. The molecule has 10 heteroatoms. The minimum atomic E-state index is -0.978. The van der Waals surface area contributed by atoms with E-state index in [1.807, 2.05) is 12.1 Å². The number of hydrogen-bond acceptors (Lipinski definition) is 6. The summed E-state index contributed by atoms with van der Waals surface area (Å²) >= 11 is 0. The van der Waals surface area contributed by atoms with Gasteiger partial charge in [-0.25, -0.2) is 4.39 Å². The molecule has 3 N–H and O–H groups in total. The van der Waals surface area contributed by atoms with Crippen LogP contribution in [-0.2, 0) is 5.54 Å². The number of H-pyrrole nitrogens is 1. The van der Waals surface area contributed by atoms with Crippen molar-refractivity contribution in [2.45, 2.75) is 19.4 Å². The van der Waals surface area contributed by atoms with Gasteiger partial charge in [-0.1, -0.05) is 18.2 Å². The standard InChI is InChI=1S/C27H29FN6O3/c1-27(2,19-6-4-5-7-20(19)28)30-26(36)22-16-21-23(37-22)24(32-31-21)29-25(35)17-8-10-18(11-9-17)34-14-12-33(3)13-15-34/h4-11,16H,12-15H2,1-3H3,(H,30,36)(H2,29,31,32,35). The van der Waals surface area contributed by atoms with Crippen molar-refractivity contribution in [2.24, 2.45) is 0 Å². The minimum absolute atomic E-state index is 0.0140. The van der Waals surface area contributed by atoms with Gasteiger partial charge in [-0.2, -0.15) is 5.10 Å². The van der Waals surface area contributed by atoms with Gasteiger partial charge in [0, 0.05) is 49.1 Å². The Hall–Kier alpha value is -4.18. The molecule has 0 bridgehead atoms. The Morgan fingerprint density at radius 1 is 1.03 bits per heavy atom. The third-order valence-electron chi connectivity index (χ3n) is 6.66. The van der Waals surface area contributed by atoms with Crippen LogP contribution < -0.4 is 15.5 Å². The molecule has 9 nitrogen and oxygen atoms in total. The third kappa shape index (κ3) is 5.05. The van der Waals surface area contributed by atoms with Crippen molar-refractivity contribution in [3.05, 3.63) is 77.3 Å². The van der Waals surface area contributed by atoms with E-state index in [1.165, 1.54) is 12.1 Å². The number of nitrogens with zero attached hydrogens (tertiary/aromatic N) is 3. The van der Waals surface area contributed by atoms with E-state index in [9.17, 15) is 14.0 Å². The second-order valence-corrected chi connectivity index (χ2v) is 9.78. The number of amides is 2. The first kappa shape index (κ1) is 24.5. The van der Waals surface area contributed by atoms with E-state index in [1.54, 1.807) is 44.2 Å². The molecular formula is C27H29FN6O3. The lowest BCUT2D eigenvalue weighted by molar-refractivity contribution is 0.0884. The van der Waals surface area contributed by atoms with E-state index in [4.69, 9.17) is 4.42 Å². The fraction of sp³-hybridized carbons (Fsp3) is 0.296. The number of rotatable bonds is 6. The van der Waals surface area contributed by atoms with Gasteiger partial charge >= 0.3 is 0 Å².